The summed E-state index contributed by atoms with van der Waals surface area (Å²) in [6, 6.07) is 4.91. The first-order chi connectivity index (χ1) is 6.54. The number of benzene rings is 1. The van der Waals surface area contributed by atoms with E-state index in [0.29, 0.717) is 15.6 Å². The van der Waals surface area contributed by atoms with Crippen molar-refractivity contribution in [3.8, 4) is 0 Å². The van der Waals surface area contributed by atoms with Crippen molar-refractivity contribution in [2.75, 3.05) is 7.11 Å². The van der Waals surface area contributed by atoms with Crippen LogP contribution in [0.25, 0.3) is 0 Å². The van der Waals surface area contributed by atoms with Gasteiger partial charge in [-0.1, -0.05) is 39.1 Å². The fourth-order valence-corrected chi connectivity index (χ4v) is 1.96. The van der Waals surface area contributed by atoms with E-state index in [1.165, 1.54) is 7.11 Å². The minimum atomic E-state index is -0.538. The third kappa shape index (κ3) is 2.87. The van der Waals surface area contributed by atoms with Crippen molar-refractivity contribution in [1.82, 2.24) is 0 Å². The van der Waals surface area contributed by atoms with E-state index >= 15 is 0 Å². The molecule has 1 rings (SSSR count). The van der Waals surface area contributed by atoms with Gasteiger partial charge in [-0.25, -0.2) is 0 Å². The fourth-order valence-electron chi connectivity index (χ4n) is 0.961. The quantitative estimate of drug-likeness (QED) is 0.616. The Bertz CT molecular complexity index is 334. The smallest absolute Gasteiger partial charge is 0.323 e. The van der Waals surface area contributed by atoms with Crippen LogP contribution in [0.3, 0.4) is 0 Å². The van der Waals surface area contributed by atoms with Gasteiger partial charge in [-0.2, -0.15) is 0 Å². The summed E-state index contributed by atoms with van der Waals surface area (Å²) in [5.74, 6) is -0.386. The third-order valence-electron chi connectivity index (χ3n) is 1.59. The van der Waals surface area contributed by atoms with Gasteiger partial charge in [0.05, 0.1) is 7.11 Å². The number of alkyl halides is 1. The van der Waals surface area contributed by atoms with Crippen LogP contribution in [0.5, 0.6) is 0 Å². The van der Waals surface area contributed by atoms with Crippen LogP contribution in [0.4, 0.5) is 0 Å². The van der Waals surface area contributed by atoms with Gasteiger partial charge in [-0.05, 0) is 23.8 Å². The number of ether oxygens (including phenoxy) is 1. The monoisotopic (exact) mass is 296 g/mol. The van der Waals surface area contributed by atoms with Crippen molar-refractivity contribution in [2.45, 2.75) is 4.83 Å². The Morgan fingerprint density at radius 3 is 2.29 bits per heavy atom. The van der Waals surface area contributed by atoms with Crippen LogP contribution in [0, 0.1) is 0 Å². The van der Waals surface area contributed by atoms with E-state index < -0.39 is 4.83 Å². The molecule has 0 aliphatic heterocycles. The summed E-state index contributed by atoms with van der Waals surface area (Å²) in [7, 11) is 1.32. The van der Waals surface area contributed by atoms with Crippen molar-refractivity contribution < 1.29 is 9.53 Å². The van der Waals surface area contributed by atoms with Gasteiger partial charge in [-0.15, -0.1) is 0 Å². The van der Waals surface area contributed by atoms with Gasteiger partial charge in [0.1, 0.15) is 4.83 Å². The summed E-state index contributed by atoms with van der Waals surface area (Å²) in [6.07, 6.45) is 0. The van der Waals surface area contributed by atoms with Gasteiger partial charge in [0.25, 0.3) is 0 Å². The zero-order chi connectivity index (χ0) is 10.7. The number of hydrogen-bond donors (Lipinski definition) is 0. The highest BCUT2D eigenvalue weighted by Crippen LogP contribution is 2.29. The summed E-state index contributed by atoms with van der Waals surface area (Å²) < 4.78 is 4.57. The molecule has 1 aromatic rings. The lowest BCUT2D eigenvalue weighted by Gasteiger charge is -2.08. The summed E-state index contributed by atoms with van der Waals surface area (Å²) >= 11 is 14.8. The molecule has 5 heteroatoms. The second-order valence-electron chi connectivity index (χ2n) is 2.59. The molecule has 1 unspecified atom stereocenters. The molecule has 0 aromatic heterocycles. The summed E-state index contributed by atoms with van der Waals surface area (Å²) in [5, 5.41) is 0.974. The van der Waals surface area contributed by atoms with Gasteiger partial charge in [-0.3, -0.25) is 4.79 Å². The Kier molecular flexibility index (Phi) is 4.23. The maximum atomic E-state index is 11.2. The molecule has 0 N–H and O–H groups in total. The first kappa shape index (κ1) is 11.8. The number of methoxy groups -OCH3 is 1. The average molecular weight is 298 g/mol. The van der Waals surface area contributed by atoms with Crippen molar-refractivity contribution in [2.24, 2.45) is 0 Å². The predicted molar refractivity (Wildman–Crippen MR) is 60.1 cm³/mol. The van der Waals surface area contributed by atoms with Gasteiger partial charge < -0.3 is 4.74 Å². The highest BCUT2D eigenvalue weighted by molar-refractivity contribution is 9.09. The number of carbonyl (C=O) groups excluding carboxylic acids is 1. The van der Waals surface area contributed by atoms with Crippen molar-refractivity contribution >= 4 is 45.1 Å². The second kappa shape index (κ2) is 5.01. The zero-order valence-electron chi connectivity index (χ0n) is 7.26. The van der Waals surface area contributed by atoms with Gasteiger partial charge in [0.2, 0.25) is 0 Å². The van der Waals surface area contributed by atoms with Crippen molar-refractivity contribution in [3.63, 3.8) is 0 Å². The Labute approximate surface area is 100 Å². The Balaban J connectivity index is 3.00. The standard InChI is InChI=1S/C9H7BrCl2O2/c1-14-9(13)8(10)5-2-6(11)4-7(12)3-5/h2-4,8H,1H3. The zero-order valence-corrected chi connectivity index (χ0v) is 10.4. The first-order valence-corrected chi connectivity index (χ1v) is 5.39. The molecule has 2 nitrogen and oxygen atoms in total. The van der Waals surface area contributed by atoms with Gasteiger partial charge in [0.15, 0.2) is 0 Å². The van der Waals surface area contributed by atoms with E-state index in [4.69, 9.17) is 23.2 Å². The molecule has 0 amide bonds. The van der Waals surface area contributed by atoms with Crippen LogP contribution in [0.2, 0.25) is 10.0 Å². The molecule has 0 spiro atoms. The van der Waals surface area contributed by atoms with E-state index in [1.807, 2.05) is 0 Å². The molecular weight excluding hydrogens is 291 g/mol. The van der Waals surface area contributed by atoms with E-state index in [0.717, 1.165) is 0 Å². The van der Waals surface area contributed by atoms with Gasteiger partial charge >= 0.3 is 5.97 Å². The lowest BCUT2D eigenvalue weighted by molar-refractivity contribution is -0.139. The van der Waals surface area contributed by atoms with Gasteiger partial charge in [0, 0.05) is 10.0 Å². The molecule has 1 atom stereocenters. The molecule has 76 valence electrons. The predicted octanol–water partition coefficient (Wildman–Crippen LogP) is 3.60. The number of esters is 1. The van der Waals surface area contributed by atoms with E-state index in [9.17, 15) is 4.79 Å². The number of halogens is 3. The first-order valence-electron chi connectivity index (χ1n) is 3.72. The molecule has 0 saturated carbocycles. The molecule has 14 heavy (non-hydrogen) atoms. The molecule has 0 radical (unpaired) electrons. The Hall–Kier alpha value is -0.250. The minimum absolute atomic E-state index is 0.386. The summed E-state index contributed by atoms with van der Waals surface area (Å²) in [4.78, 5) is 10.6. The minimum Gasteiger partial charge on any atom is -0.468 e. The molecule has 0 bridgehead atoms. The highest BCUT2D eigenvalue weighted by Gasteiger charge is 2.18. The van der Waals surface area contributed by atoms with Crippen LogP contribution in [-0.4, -0.2) is 13.1 Å². The summed E-state index contributed by atoms with van der Waals surface area (Å²) in [5.41, 5.74) is 0.675. The fraction of sp³-hybridized carbons (Fsp3) is 0.222. The van der Waals surface area contributed by atoms with Crippen LogP contribution in [-0.2, 0) is 9.53 Å². The highest BCUT2D eigenvalue weighted by atomic mass is 79.9. The number of rotatable bonds is 2. The molecule has 1 aromatic carbocycles. The third-order valence-corrected chi connectivity index (χ3v) is 2.92. The van der Waals surface area contributed by atoms with Crippen LogP contribution in [0.15, 0.2) is 18.2 Å². The van der Waals surface area contributed by atoms with E-state index in [-0.39, 0.29) is 5.97 Å². The Morgan fingerprint density at radius 1 is 1.36 bits per heavy atom. The largest absolute Gasteiger partial charge is 0.468 e. The number of carbonyl (C=O) groups is 1. The Morgan fingerprint density at radius 2 is 1.86 bits per heavy atom. The topological polar surface area (TPSA) is 26.3 Å². The van der Waals surface area contributed by atoms with E-state index in [2.05, 4.69) is 20.7 Å². The molecule has 0 aliphatic carbocycles. The van der Waals surface area contributed by atoms with Crippen LogP contribution in [0.1, 0.15) is 10.4 Å². The maximum Gasteiger partial charge on any atom is 0.323 e. The maximum absolute atomic E-state index is 11.2. The van der Waals surface area contributed by atoms with Crippen LogP contribution >= 0.6 is 39.1 Å². The second-order valence-corrected chi connectivity index (χ2v) is 4.38. The number of hydrogen-bond acceptors (Lipinski definition) is 2. The van der Waals surface area contributed by atoms with E-state index in [1.54, 1.807) is 18.2 Å². The molecule has 0 fully saturated rings. The van der Waals surface area contributed by atoms with Crippen molar-refractivity contribution in [1.29, 1.82) is 0 Å². The average Bonchev–Trinajstić information content (AvgIpc) is 2.14. The van der Waals surface area contributed by atoms with Crippen LogP contribution < -0.4 is 0 Å². The molecular formula is C9H7BrCl2O2. The normalized spacial score (nSPS) is 12.3. The lowest BCUT2D eigenvalue weighted by Crippen LogP contribution is -2.08. The molecule has 0 aliphatic rings. The lowest BCUT2D eigenvalue weighted by atomic mass is 10.1. The molecule has 0 heterocycles. The molecule has 0 saturated heterocycles. The summed E-state index contributed by atoms with van der Waals surface area (Å²) in [6.45, 7) is 0. The SMILES string of the molecule is COC(=O)C(Br)c1cc(Cl)cc(Cl)c1. The van der Waals surface area contributed by atoms with Crippen molar-refractivity contribution in [3.05, 3.63) is 33.8 Å².